The van der Waals surface area contributed by atoms with E-state index in [9.17, 15) is 9.18 Å². The molecule has 0 saturated heterocycles. The number of carbonyl (C=O) groups excluding carboxylic acids is 1. The summed E-state index contributed by atoms with van der Waals surface area (Å²) in [4.78, 5) is 15.1. The van der Waals surface area contributed by atoms with Crippen LogP contribution in [-0.2, 0) is 0 Å². The van der Waals surface area contributed by atoms with E-state index < -0.39 is 5.95 Å². The van der Waals surface area contributed by atoms with Crippen molar-refractivity contribution in [2.24, 2.45) is 5.92 Å². The van der Waals surface area contributed by atoms with Gasteiger partial charge in [-0.3, -0.25) is 4.79 Å². The molecule has 0 radical (unpaired) electrons. The lowest BCUT2D eigenvalue weighted by molar-refractivity contribution is 0.0884. The summed E-state index contributed by atoms with van der Waals surface area (Å²) in [5.74, 6) is -0.190. The monoisotopic (exact) mass is 208 g/mol. The number of nitrogens with one attached hydrogen (secondary N) is 1. The van der Waals surface area contributed by atoms with E-state index in [-0.39, 0.29) is 11.9 Å². The fraction of sp³-hybridized carbons (Fsp3) is 0.455. The lowest BCUT2D eigenvalue weighted by Crippen LogP contribution is -2.45. The zero-order valence-corrected chi connectivity index (χ0v) is 8.53. The van der Waals surface area contributed by atoms with Gasteiger partial charge >= 0.3 is 0 Å². The third-order valence-corrected chi connectivity index (χ3v) is 2.93. The molecule has 2 rings (SSSR count). The average Bonchev–Trinajstić information content (AvgIpc) is 2.24. The highest BCUT2D eigenvalue weighted by atomic mass is 19.1. The van der Waals surface area contributed by atoms with Crippen molar-refractivity contribution in [1.29, 1.82) is 0 Å². The first-order valence-corrected chi connectivity index (χ1v) is 5.09. The molecule has 0 aliphatic heterocycles. The number of pyridine rings is 1. The van der Waals surface area contributed by atoms with Gasteiger partial charge in [-0.25, -0.2) is 4.98 Å². The third kappa shape index (κ3) is 2.14. The molecule has 2 atom stereocenters. The smallest absolute Gasteiger partial charge is 0.253 e. The Balaban J connectivity index is 1.98. The maximum atomic E-state index is 12.5. The summed E-state index contributed by atoms with van der Waals surface area (Å²) in [5, 5.41) is 2.90. The fourth-order valence-electron chi connectivity index (χ4n) is 1.64. The number of carbonyl (C=O) groups is 1. The molecular weight excluding hydrogens is 195 g/mol. The number of halogens is 1. The van der Waals surface area contributed by atoms with Gasteiger partial charge < -0.3 is 5.32 Å². The van der Waals surface area contributed by atoms with Gasteiger partial charge in [-0.2, -0.15) is 4.39 Å². The molecule has 1 aliphatic carbocycles. The summed E-state index contributed by atoms with van der Waals surface area (Å²) in [6, 6.07) is 2.91. The van der Waals surface area contributed by atoms with E-state index >= 15 is 0 Å². The highest BCUT2D eigenvalue weighted by Crippen LogP contribution is 2.26. The van der Waals surface area contributed by atoms with Crippen LogP contribution in [0, 0.1) is 11.9 Å². The van der Waals surface area contributed by atoms with Crippen molar-refractivity contribution >= 4 is 5.91 Å². The quantitative estimate of drug-likeness (QED) is 0.752. The molecule has 2 unspecified atom stereocenters. The van der Waals surface area contributed by atoms with E-state index in [4.69, 9.17) is 0 Å². The zero-order valence-electron chi connectivity index (χ0n) is 8.53. The van der Waals surface area contributed by atoms with Crippen LogP contribution in [-0.4, -0.2) is 16.9 Å². The average molecular weight is 208 g/mol. The SMILES string of the molecule is CC1CCC1NC(=O)c1ccc(F)nc1. The van der Waals surface area contributed by atoms with E-state index in [1.165, 1.54) is 18.3 Å². The van der Waals surface area contributed by atoms with Crippen LogP contribution in [0.25, 0.3) is 0 Å². The van der Waals surface area contributed by atoms with Gasteiger partial charge in [0.2, 0.25) is 5.95 Å². The molecule has 1 N–H and O–H groups in total. The molecule has 0 aromatic carbocycles. The van der Waals surface area contributed by atoms with Crippen molar-refractivity contribution in [2.75, 3.05) is 0 Å². The first kappa shape index (κ1) is 10.1. The van der Waals surface area contributed by atoms with E-state index in [2.05, 4.69) is 17.2 Å². The van der Waals surface area contributed by atoms with Gasteiger partial charge in [0, 0.05) is 12.2 Å². The molecule has 1 aromatic heterocycles. The van der Waals surface area contributed by atoms with Gasteiger partial charge in [0.15, 0.2) is 0 Å². The number of rotatable bonds is 2. The van der Waals surface area contributed by atoms with Crippen LogP contribution in [0.1, 0.15) is 30.1 Å². The highest BCUT2D eigenvalue weighted by Gasteiger charge is 2.28. The topological polar surface area (TPSA) is 42.0 Å². The van der Waals surface area contributed by atoms with Crippen LogP contribution >= 0.6 is 0 Å². The molecule has 0 bridgehead atoms. The summed E-state index contributed by atoms with van der Waals surface area (Å²) >= 11 is 0. The molecule has 0 spiro atoms. The molecular formula is C11H13FN2O. The number of hydrogen-bond donors (Lipinski definition) is 1. The predicted molar refractivity (Wildman–Crippen MR) is 53.8 cm³/mol. The minimum atomic E-state index is -0.566. The molecule has 1 heterocycles. The highest BCUT2D eigenvalue weighted by molar-refractivity contribution is 5.94. The van der Waals surface area contributed by atoms with E-state index in [1.807, 2.05) is 0 Å². The van der Waals surface area contributed by atoms with Crippen molar-refractivity contribution in [3.05, 3.63) is 29.8 Å². The van der Waals surface area contributed by atoms with Crippen LogP contribution in [0.15, 0.2) is 18.3 Å². The van der Waals surface area contributed by atoms with Gasteiger partial charge in [-0.15, -0.1) is 0 Å². The number of aromatic nitrogens is 1. The number of amides is 1. The van der Waals surface area contributed by atoms with Gasteiger partial charge in [-0.05, 0) is 30.9 Å². The maximum Gasteiger partial charge on any atom is 0.253 e. The first-order chi connectivity index (χ1) is 7.16. The van der Waals surface area contributed by atoms with Crippen LogP contribution in [0.4, 0.5) is 4.39 Å². The van der Waals surface area contributed by atoms with Crippen molar-refractivity contribution < 1.29 is 9.18 Å². The largest absolute Gasteiger partial charge is 0.349 e. The summed E-state index contributed by atoms with van der Waals surface area (Å²) < 4.78 is 12.5. The van der Waals surface area contributed by atoms with E-state index in [1.54, 1.807) is 0 Å². The van der Waals surface area contributed by atoms with Crippen LogP contribution < -0.4 is 5.32 Å². The van der Waals surface area contributed by atoms with E-state index in [0.717, 1.165) is 12.8 Å². The Morgan fingerprint density at radius 3 is 2.80 bits per heavy atom. The minimum Gasteiger partial charge on any atom is -0.349 e. The Kier molecular flexibility index (Phi) is 2.66. The summed E-state index contributed by atoms with van der Waals surface area (Å²) in [7, 11) is 0. The number of hydrogen-bond acceptors (Lipinski definition) is 2. The fourth-order valence-corrected chi connectivity index (χ4v) is 1.64. The lowest BCUT2D eigenvalue weighted by Gasteiger charge is -2.34. The molecule has 80 valence electrons. The Bertz CT molecular complexity index is 363. The van der Waals surface area contributed by atoms with Crippen molar-refractivity contribution in [2.45, 2.75) is 25.8 Å². The molecule has 1 aliphatic rings. The second-order valence-corrected chi connectivity index (χ2v) is 4.00. The lowest BCUT2D eigenvalue weighted by atomic mass is 9.81. The molecule has 4 heteroatoms. The minimum absolute atomic E-state index is 0.168. The van der Waals surface area contributed by atoms with Gasteiger partial charge in [-0.1, -0.05) is 6.92 Å². The van der Waals surface area contributed by atoms with Crippen LogP contribution in [0.5, 0.6) is 0 Å². The van der Waals surface area contributed by atoms with Gasteiger partial charge in [0.25, 0.3) is 5.91 Å². The van der Waals surface area contributed by atoms with E-state index in [0.29, 0.717) is 11.5 Å². The Hall–Kier alpha value is -1.45. The van der Waals surface area contributed by atoms with Crippen LogP contribution in [0.2, 0.25) is 0 Å². The second kappa shape index (κ2) is 3.96. The molecule has 1 aromatic rings. The van der Waals surface area contributed by atoms with Crippen molar-refractivity contribution in [1.82, 2.24) is 10.3 Å². The predicted octanol–water partition coefficient (Wildman–Crippen LogP) is 1.75. The number of nitrogens with zero attached hydrogens (tertiary/aromatic N) is 1. The normalized spacial score (nSPS) is 24.4. The molecule has 1 fully saturated rings. The zero-order chi connectivity index (χ0) is 10.8. The van der Waals surface area contributed by atoms with Gasteiger partial charge in [0.1, 0.15) is 0 Å². The molecule has 3 nitrogen and oxygen atoms in total. The standard InChI is InChI=1S/C11H13FN2O/c1-7-2-4-9(7)14-11(15)8-3-5-10(12)13-6-8/h3,5-7,9H,2,4H2,1H3,(H,14,15). The summed E-state index contributed by atoms with van der Waals surface area (Å²) in [5.41, 5.74) is 0.413. The first-order valence-electron chi connectivity index (χ1n) is 5.09. The van der Waals surface area contributed by atoms with Crippen molar-refractivity contribution in [3.8, 4) is 0 Å². The Labute approximate surface area is 87.7 Å². The summed E-state index contributed by atoms with van der Waals surface area (Å²) in [6.07, 6.45) is 3.45. The Morgan fingerprint density at radius 1 is 1.53 bits per heavy atom. The van der Waals surface area contributed by atoms with Crippen LogP contribution in [0.3, 0.4) is 0 Å². The maximum absolute atomic E-state index is 12.5. The second-order valence-electron chi connectivity index (χ2n) is 4.00. The Morgan fingerprint density at radius 2 is 2.33 bits per heavy atom. The molecule has 1 amide bonds. The molecule has 1 saturated carbocycles. The van der Waals surface area contributed by atoms with Gasteiger partial charge in [0.05, 0.1) is 5.56 Å². The summed E-state index contributed by atoms with van der Waals surface area (Å²) in [6.45, 7) is 2.11. The van der Waals surface area contributed by atoms with Crippen molar-refractivity contribution in [3.63, 3.8) is 0 Å². The molecule has 15 heavy (non-hydrogen) atoms. The third-order valence-electron chi connectivity index (χ3n) is 2.93.